The molecule has 0 saturated carbocycles. The lowest BCUT2D eigenvalue weighted by atomic mass is 10.1. The molecule has 5 heteroatoms. The molecule has 1 aromatic carbocycles. The highest BCUT2D eigenvalue weighted by molar-refractivity contribution is 5.52. The van der Waals surface area contributed by atoms with Crippen LogP contribution in [0.4, 0.5) is 10.1 Å². The number of methoxy groups -OCH3 is 2. The summed E-state index contributed by atoms with van der Waals surface area (Å²) in [4.78, 5) is 1.88. The lowest BCUT2D eigenvalue weighted by molar-refractivity contribution is -0.219. The topological polar surface area (TPSA) is 47.7 Å². The number of benzene rings is 1. The van der Waals surface area contributed by atoms with Crippen molar-refractivity contribution in [1.29, 1.82) is 0 Å². The molecule has 17 heavy (non-hydrogen) atoms. The van der Waals surface area contributed by atoms with E-state index >= 15 is 0 Å². The van der Waals surface area contributed by atoms with Gasteiger partial charge in [-0.15, -0.1) is 0 Å². The maximum absolute atomic E-state index is 13.8. The van der Waals surface area contributed by atoms with Crippen molar-refractivity contribution in [3.8, 4) is 0 Å². The number of nitrogens with zero attached hydrogens (tertiary/aromatic N) is 1. The summed E-state index contributed by atoms with van der Waals surface area (Å²) in [5, 5.41) is 0. The molecule has 0 spiro atoms. The van der Waals surface area contributed by atoms with Crippen LogP contribution in [-0.4, -0.2) is 33.1 Å². The number of rotatable bonds is 4. The van der Waals surface area contributed by atoms with Crippen molar-refractivity contribution in [1.82, 2.24) is 0 Å². The van der Waals surface area contributed by atoms with Gasteiger partial charge in [-0.05, 0) is 17.7 Å². The molecule has 1 heterocycles. The second-order valence-corrected chi connectivity index (χ2v) is 4.16. The number of ether oxygens (including phenoxy) is 2. The highest BCUT2D eigenvalue weighted by Crippen LogP contribution is 2.32. The summed E-state index contributed by atoms with van der Waals surface area (Å²) in [7, 11) is 3.18. The van der Waals surface area contributed by atoms with E-state index in [1.807, 2.05) is 11.0 Å². The number of halogens is 1. The van der Waals surface area contributed by atoms with Crippen LogP contribution < -0.4 is 10.6 Å². The van der Waals surface area contributed by atoms with Crippen LogP contribution in [-0.2, 0) is 16.0 Å². The average molecular weight is 240 g/mol. The van der Waals surface area contributed by atoms with Gasteiger partial charge >= 0.3 is 0 Å². The van der Waals surface area contributed by atoms with E-state index in [1.165, 1.54) is 6.07 Å². The zero-order valence-electron chi connectivity index (χ0n) is 10.1. The molecule has 2 N–H and O–H groups in total. The summed E-state index contributed by atoms with van der Waals surface area (Å²) in [6.07, 6.45) is 0. The lowest BCUT2D eigenvalue weighted by Gasteiger charge is -2.48. The van der Waals surface area contributed by atoms with E-state index in [-0.39, 0.29) is 5.82 Å². The summed E-state index contributed by atoms with van der Waals surface area (Å²) < 4.78 is 24.3. The summed E-state index contributed by atoms with van der Waals surface area (Å²) in [6.45, 7) is 1.40. The molecule has 2 rings (SSSR count). The number of hydrogen-bond acceptors (Lipinski definition) is 4. The first-order valence-electron chi connectivity index (χ1n) is 5.48. The van der Waals surface area contributed by atoms with Crippen molar-refractivity contribution >= 4 is 5.69 Å². The standard InChI is InChI=1S/C12H17FN2O2/c1-16-12(17-2)7-15(8-12)11-4-3-9(6-14)5-10(11)13/h3-5H,6-8,14H2,1-2H3. The molecule has 0 bridgehead atoms. The van der Waals surface area contributed by atoms with Crippen molar-refractivity contribution in [2.45, 2.75) is 12.3 Å². The molecule has 1 aromatic rings. The van der Waals surface area contributed by atoms with Crippen molar-refractivity contribution in [3.63, 3.8) is 0 Å². The second-order valence-electron chi connectivity index (χ2n) is 4.16. The number of anilines is 1. The van der Waals surface area contributed by atoms with Gasteiger partial charge in [-0.2, -0.15) is 0 Å². The average Bonchev–Trinajstić information content (AvgIpc) is 2.30. The maximum Gasteiger partial charge on any atom is 0.203 e. The van der Waals surface area contributed by atoms with E-state index in [1.54, 1.807) is 20.3 Å². The first-order chi connectivity index (χ1) is 8.14. The van der Waals surface area contributed by atoms with Gasteiger partial charge in [0.2, 0.25) is 5.79 Å². The van der Waals surface area contributed by atoms with Crippen LogP contribution >= 0.6 is 0 Å². The van der Waals surface area contributed by atoms with Crippen molar-refractivity contribution in [3.05, 3.63) is 29.6 Å². The van der Waals surface area contributed by atoms with Crippen LogP contribution in [0.15, 0.2) is 18.2 Å². The third-order valence-corrected chi connectivity index (χ3v) is 3.20. The van der Waals surface area contributed by atoms with E-state index in [4.69, 9.17) is 15.2 Å². The normalized spacial score (nSPS) is 18.0. The van der Waals surface area contributed by atoms with Gasteiger partial charge < -0.3 is 20.1 Å². The van der Waals surface area contributed by atoms with E-state index in [0.717, 1.165) is 5.56 Å². The molecule has 0 aliphatic carbocycles. The molecule has 1 saturated heterocycles. The Morgan fingerprint density at radius 3 is 2.47 bits per heavy atom. The molecule has 1 aliphatic heterocycles. The predicted molar refractivity (Wildman–Crippen MR) is 63.3 cm³/mol. The zero-order chi connectivity index (χ0) is 12.5. The van der Waals surface area contributed by atoms with Crippen molar-refractivity contribution in [2.75, 3.05) is 32.2 Å². The number of hydrogen-bond donors (Lipinski definition) is 1. The van der Waals surface area contributed by atoms with E-state index in [2.05, 4.69) is 0 Å². The van der Waals surface area contributed by atoms with Crippen LogP contribution in [0.2, 0.25) is 0 Å². The van der Waals surface area contributed by atoms with Gasteiger partial charge in [-0.25, -0.2) is 4.39 Å². The highest BCUT2D eigenvalue weighted by atomic mass is 19.1. The molecule has 1 aliphatic rings. The quantitative estimate of drug-likeness (QED) is 0.800. The monoisotopic (exact) mass is 240 g/mol. The van der Waals surface area contributed by atoms with Gasteiger partial charge in [0, 0.05) is 20.8 Å². The molecule has 1 fully saturated rings. The van der Waals surface area contributed by atoms with E-state index in [0.29, 0.717) is 25.3 Å². The molecule has 4 nitrogen and oxygen atoms in total. The summed E-state index contributed by atoms with van der Waals surface area (Å²) in [5.41, 5.74) is 6.81. The van der Waals surface area contributed by atoms with Crippen LogP contribution in [0.1, 0.15) is 5.56 Å². The Morgan fingerprint density at radius 1 is 1.35 bits per heavy atom. The largest absolute Gasteiger partial charge is 0.358 e. The third-order valence-electron chi connectivity index (χ3n) is 3.20. The minimum absolute atomic E-state index is 0.256. The summed E-state index contributed by atoms with van der Waals surface area (Å²) >= 11 is 0. The fraction of sp³-hybridized carbons (Fsp3) is 0.500. The second kappa shape index (κ2) is 4.60. The first kappa shape index (κ1) is 12.3. The molecule has 94 valence electrons. The first-order valence-corrected chi connectivity index (χ1v) is 5.48. The minimum Gasteiger partial charge on any atom is -0.358 e. The Morgan fingerprint density at radius 2 is 2.00 bits per heavy atom. The Bertz CT molecular complexity index is 399. The van der Waals surface area contributed by atoms with E-state index < -0.39 is 5.79 Å². The Hall–Kier alpha value is -1.17. The molecule has 0 aromatic heterocycles. The highest BCUT2D eigenvalue weighted by Gasteiger charge is 2.44. The van der Waals surface area contributed by atoms with Crippen LogP contribution in [0, 0.1) is 5.82 Å². The van der Waals surface area contributed by atoms with Gasteiger partial charge in [0.05, 0.1) is 18.8 Å². The van der Waals surface area contributed by atoms with Crippen LogP contribution in [0.5, 0.6) is 0 Å². The molecule has 0 radical (unpaired) electrons. The van der Waals surface area contributed by atoms with Gasteiger partial charge in [-0.1, -0.05) is 6.07 Å². The molecular weight excluding hydrogens is 223 g/mol. The zero-order valence-corrected chi connectivity index (χ0v) is 10.1. The van der Waals surface area contributed by atoms with Gasteiger partial charge in [0.1, 0.15) is 5.82 Å². The fourth-order valence-corrected chi connectivity index (χ4v) is 1.98. The Labute approximate surface area is 100 Å². The smallest absolute Gasteiger partial charge is 0.203 e. The van der Waals surface area contributed by atoms with Gasteiger partial charge in [0.25, 0.3) is 0 Å². The summed E-state index contributed by atoms with van der Waals surface area (Å²) in [6, 6.07) is 5.04. The van der Waals surface area contributed by atoms with Crippen LogP contribution in [0.25, 0.3) is 0 Å². The summed E-state index contributed by atoms with van der Waals surface area (Å²) in [5.74, 6) is -0.854. The van der Waals surface area contributed by atoms with E-state index in [9.17, 15) is 4.39 Å². The van der Waals surface area contributed by atoms with Gasteiger partial charge in [-0.3, -0.25) is 0 Å². The Kier molecular flexibility index (Phi) is 3.33. The molecular formula is C12H17FN2O2. The molecule has 0 atom stereocenters. The Balaban J connectivity index is 2.11. The predicted octanol–water partition coefficient (Wildman–Crippen LogP) is 1.09. The molecule has 0 amide bonds. The molecule has 0 unspecified atom stereocenters. The van der Waals surface area contributed by atoms with Crippen molar-refractivity contribution < 1.29 is 13.9 Å². The fourth-order valence-electron chi connectivity index (χ4n) is 1.98. The van der Waals surface area contributed by atoms with Crippen molar-refractivity contribution in [2.24, 2.45) is 5.73 Å². The number of nitrogens with two attached hydrogens (primary N) is 1. The third kappa shape index (κ3) is 2.13. The SMILES string of the molecule is COC1(OC)CN(c2ccc(CN)cc2F)C1. The van der Waals surface area contributed by atoms with Gasteiger partial charge in [0.15, 0.2) is 0 Å². The minimum atomic E-state index is -0.598. The lowest BCUT2D eigenvalue weighted by Crippen LogP contribution is -2.64. The maximum atomic E-state index is 13.8. The van der Waals surface area contributed by atoms with Crippen LogP contribution in [0.3, 0.4) is 0 Å².